The summed E-state index contributed by atoms with van der Waals surface area (Å²) in [5.41, 5.74) is 5.52. The molecular formula is C22H21N3O. The summed E-state index contributed by atoms with van der Waals surface area (Å²) < 4.78 is 6.11. The first-order valence-corrected chi connectivity index (χ1v) is 8.84. The second-order valence-electron chi connectivity index (χ2n) is 6.42. The molecule has 2 aromatic rings. The van der Waals surface area contributed by atoms with Crippen molar-refractivity contribution in [2.45, 2.75) is 20.3 Å². The van der Waals surface area contributed by atoms with Crippen LogP contribution in [0.15, 0.2) is 77.8 Å². The van der Waals surface area contributed by atoms with Gasteiger partial charge < -0.3 is 9.64 Å². The van der Waals surface area contributed by atoms with Gasteiger partial charge in [-0.2, -0.15) is 0 Å². The van der Waals surface area contributed by atoms with E-state index >= 15 is 0 Å². The first-order valence-electron chi connectivity index (χ1n) is 8.84. The fraction of sp³-hybridized carbons (Fsp3) is 0.182. The van der Waals surface area contributed by atoms with Gasteiger partial charge in [0.2, 0.25) is 5.88 Å². The molecule has 0 fully saturated rings. The summed E-state index contributed by atoms with van der Waals surface area (Å²) >= 11 is 0. The van der Waals surface area contributed by atoms with Gasteiger partial charge in [-0.25, -0.2) is 4.98 Å². The van der Waals surface area contributed by atoms with Crippen molar-refractivity contribution in [2.24, 2.45) is 4.99 Å². The quantitative estimate of drug-likeness (QED) is 0.787. The number of aliphatic imine (C=N–C) groups is 1. The SMILES string of the molecule is CCc1ccc(Oc2ncccc2C2=CC3=NC=CN(C=C2C)C3)cc1. The summed E-state index contributed by atoms with van der Waals surface area (Å²) in [7, 11) is 0. The Kier molecular flexibility index (Phi) is 4.40. The lowest BCUT2D eigenvalue weighted by molar-refractivity contribution is 0.461. The van der Waals surface area contributed by atoms with E-state index in [0.29, 0.717) is 5.88 Å². The van der Waals surface area contributed by atoms with Crippen molar-refractivity contribution in [1.29, 1.82) is 0 Å². The van der Waals surface area contributed by atoms with Crippen LogP contribution in [0.5, 0.6) is 11.6 Å². The highest BCUT2D eigenvalue weighted by Crippen LogP contribution is 2.33. The standard InChI is InChI=1S/C22H21N3O/c1-3-17-6-8-19(9-7-17)26-22-20(5-4-10-24-22)21-13-18-15-25(12-11-23-18)14-16(21)2/h4-14H,3,15H2,1-2H3. The van der Waals surface area contributed by atoms with E-state index in [4.69, 9.17) is 4.74 Å². The number of hydrogen-bond acceptors (Lipinski definition) is 4. The van der Waals surface area contributed by atoms with E-state index in [1.165, 1.54) is 5.56 Å². The number of allylic oxidation sites excluding steroid dienone is 2. The Balaban J connectivity index is 1.71. The molecule has 4 heteroatoms. The molecule has 0 saturated carbocycles. The van der Waals surface area contributed by atoms with E-state index in [1.54, 1.807) is 6.20 Å². The Bertz CT molecular complexity index is 936. The van der Waals surface area contributed by atoms with Crippen LogP contribution in [0.3, 0.4) is 0 Å². The van der Waals surface area contributed by atoms with Crippen LogP contribution in [0, 0.1) is 0 Å². The van der Waals surface area contributed by atoms with Crippen LogP contribution in [0.25, 0.3) is 5.57 Å². The summed E-state index contributed by atoms with van der Waals surface area (Å²) in [6.45, 7) is 5.03. The van der Waals surface area contributed by atoms with Gasteiger partial charge in [0.1, 0.15) is 5.75 Å². The molecule has 2 aliphatic heterocycles. The zero-order chi connectivity index (χ0) is 17.9. The topological polar surface area (TPSA) is 37.7 Å². The number of ether oxygens (including phenoxy) is 1. The predicted octanol–water partition coefficient (Wildman–Crippen LogP) is 4.96. The van der Waals surface area contributed by atoms with Crippen molar-refractivity contribution in [3.8, 4) is 11.6 Å². The third-order valence-corrected chi connectivity index (χ3v) is 4.55. The van der Waals surface area contributed by atoms with Crippen LogP contribution in [-0.4, -0.2) is 22.1 Å². The van der Waals surface area contributed by atoms with Crippen molar-refractivity contribution in [3.05, 3.63) is 84.0 Å². The number of fused-ring (bicyclic) bond motifs is 2. The summed E-state index contributed by atoms with van der Waals surface area (Å²) in [6.07, 6.45) is 10.9. The summed E-state index contributed by atoms with van der Waals surface area (Å²) in [5, 5.41) is 0. The minimum Gasteiger partial charge on any atom is -0.438 e. The minimum atomic E-state index is 0.607. The van der Waals surface area contributed by atoms with E-state index in [2.05, 4.69) is 53.1 Å². The molecule has 26 heavy (non-hydrogen) atoms. The fourth-order valence-corrected chi connectivity index (χ4v) is 3.14. The van der Waals surface area contributed by atoms with Gasteiger partial charge in [0, 0.05) is 30.4 Å². The lowest BCUT2D eigenvalue weighted by atomic mass is 9.99. The van der Waals surface area contributed by atoms with Gasteiger partial charge in [-0.05, 0) is 60.4 Å². The molecule has 4 rings (SSSR count). The van der Waals surface area contributed by atoms with Crippen LogP contribution < -0.4 is 4.74 Å². The molecule has 4 nitrogen and oxygen atoms in total. The highest BCUT2D eigenvalue weighted by molar-refractivity contribution is 6.06. The molecule has 1 aromatic heterocycles. The molecule has 0 unspecified atom stereocenters. The molecule has 0 saturated heterocycles. The van der Waals surface area contributed by atoms with Crippen LogP contribution in [0.1, 0.15) is 25.0 Å². The molecule has 2 bridgehead atoms. The lowest BCUT2D eigenvalue weighted by Gasteiger charge is -2.16. The van der Waals surface area contributed by atoms with E-state index < -0.39 is 0 Å². The van der Waals surface area contributed by atoms with Gasteiger partial charge in [0.15, 0.2) is 0 Å². The zero-order valence-electron chi connectivity index (χ0n) is 15.0. The zero-order valence-corrected chi connectivity index (χ0v) is 15.0. The molecule has 3 heterocycles. The van der Waals surface area contributed by atoms with Gasteiger partial charge >= 0.3 is 0 Å². The normalized spacial score (nSPS) is 15.8. The monoisotopic (exact) mass is 343 g/mol. The Morgan fingerprint density at radius 3 is 2.81 bits per heavy atom. The van der Waals surface area contributed by atoms with Gasteiger partial charge in [0.25, 0.3) is 0 Å². The molecule has 0 radical (unpaired) electrons. The average Bonchev–Trinajstić information content (AvgIpc) is 2.78. The maximum atomic E-state index is 6.11. The number of hydrogen-bond donors (Lipinski definition) is 0. The van der Waals surface area contributed by atoms with Gasteiger partial charge in [-0.15, -0.1) is 0 Å². The number of rotatable bonds is 4. The Morgan fingerprint density at radius 1 is 1.15 bits per heavy atom. The van der Waals surface area contributed by atoms with E-state index in [-0.39, 0.29) is 0 Å². The summed E-state index contributed by atoms with van der Waals surface area (Å²) in [6, 6.07) is 12.1. The fourth-order valence-electron chi connectivity index (χ4n) is 3.14. The molecule has 130 valence electrons. The highest BCUT2D eigenvalue weighted by atomic mass is 16.5. The molecule has 2 aliphatic rings. The predicted molar refractivity (Wildman–Crippen MR) is 105 cm³/mol. The molecule has 0 spiro atoms. The summed E-state index contributed by atoms with van der Waals surface area (Å²) in [5.74, 6) is 1.40. The van der Waals surface area contributed by atoms with Crippen molar-refractivity contribution < 1.29 is 4.74 Å². The van der Waals surface area contributed by atoms with Crippen molar-refractivity contribution >= 4 is 11.3 Å². The number of benzene rings is 1. The first-order chi connectivity index (χ1) is 12.7. The molecule has 0 amide bonds. The first kappa shape index (κ1) is 16.3. The number of nitrogens with zero attached hydrogens (tertiary/aromatic N) is 3. The van der Waals surface area contributed by atoms with Gasteiger partial charge in [-0.3, -0.25) is 4.99 Å². The highest BCUT2D eigenvalue weighted by Gasteiger charge is 2.18. The Labute approximate surface area is 153 Å². The number of pyridine rings is 1. The maximum absolute atomic E-state index is 6.11. The van der Waals surface area contributed by atoms with Crippen molar-refractivity contribution in [3.63, 3.8) is 0 Å². The van der Waals surface area contributed by atoms with Crippen LogP contribution >= 0.6 is 0 Å². The van der Waals surface area contributed by atoms with Crippen LogP contribution in [0.4, 0.5) is 0 Å². The van der Waals surface area contributed by atoms with Crippen LogP contribution in [0.2, 0.25) is 0 Å². The average molecular weight is 343 g/mol. The van der Waals surface area contributed by atoms with Gasteiger partial charge in [0.05, 0.1) is 12.3 Å². The molecule has 0 aliphatic carbocycles. The van der Waals surface area contributed by atoms with Crippen molar-refractivity contribution in [2.75, 3.05) is 6.54 Å². The third-order valence-electron chi connectivity index (χ3n) is 4.55. The van der Waals surface area contributed by atoms with E-state index in [0.717, 1.165) is 41.1 Å². The lowest BCUT2D eigenvalue weighted by Crippen LogP contribution is -2.20. The number of aromatic nitrogens is 1. The van der Waals surface area contributed by atoms with E-state index in [9.17, 15) is 0 Å². The Hall–Kier alpha value is -3.14. The second-order valence-corrected chi connectivity index (χ2v) is 6.42. The smallest absolute Gasteiger partial charge is 0.227 e. The number of aryl methyl sites for hydroxylation is 1. The van der Waals surface area contributed by atoms with Crippen molar-refractivity contribution in [1.82, 2.24) is 9.88 Å². The second kappa shape index (κ2) is 7.00. The molecule has 0 atom stereocenters. The van der Waals surface area contributed by atoms with Crippen LogP contribution in [-0.2, 0) is 6.42 Å². The summed E-state index contributed by atoms with van der Waals surface area (Å²) in [4.78, 5) is 11.1. The van der Waals surface area contributed by atoms with E-state index in [1.807, 2.05) is 36.7 Å². The maximum Gasteiger partial charge on any atom is 0.227 e. The molecular weight excluding hydrogens is 322 g/mol. The largest absolute Gasteiger partial charge is 0.438 e. The molecule has 0 N–H and O–H groups in total. The molecule has 1 aromatic carbocycles. The minimum absolute atomic E-state index is 0.607. The third kappa shape index (κ3) is 3.31. The Morgan fingerprint density at radius 2 is 2.00 bits per heavy atom. The van der Waals surface area contributed by atoms with Gasteiger partial charge in [-0.1, -0.05) is 19.1 Å².